The SMILES string of the molecule is CC(C)(C)c1ccccc1NC(=O)CCc1ccc(S(=O)(=O)N2CCOCC2)cc1. The Hall–Kier alpha value is -2.22. The zero-order valence-corrected chi connectivity index (χ0v) is 18.7. The summed E-state index contributed by atoms with van der Waals surface area (Å²) in [5, 5.41) is 3.01. The third-order valence-corrected chi connectivity index (χ3v) is 7.09. The fourth-order valence-corrected chi connectivity index (χ4v) is 4.89. The zero-order chi connectivity index (χ0) is 21.8. The van der Waals surface area contributed by atoms with Gasteiger partial charge in [0.1, 0.15) is 0 Å². The zero-order valence-electron chi connectivity index (χ0n) is 17.8. The molecule has 2 aromatic rings. The Kier molecular flexibility index (Phi) is 6.95. The molecule has 1 N–H and O–H groups in total. The van der Waals surface area contributed by atoms with E-state index < -0.39 is 10.0 Å². The number of carbonyl (C=O) groups excluding carboxylic acids is 1. The van der Waals surface area contributed by atoms with Crippen molar-refractivity contribution in [3.63, 3.8) is 0 Å². The number of aryl methyl sites for hydroxylation is 1. The third-order valence-electron chi connectivity index (χ3n) is 5.18. The van der Waals surface area contributed by atoms with Gasteiger partial charge in [0, 0.05) is 25.2 Å². The first kappa shape index (κ1) is 22.5. The van der Waals surface area contributed by atoms with E-state index in [2.05, 4.69) is 26.1 Å². The number of hydrogen-bond donors (Lipinski definition) is 1. The van der Waals surface area contributed by atoms with Crippen molar-refractivity contribution in [2.45, 2.75) is 43.9 Å². The number of hydrogen-bond acceptors (Lipinski definition) is 4. The molecule has 0 aliphatic carbocycles. The van der Waals surface area contributed by atoms with Crippen molar-refractivity contribution < 1.29 is 17.9 Å². The van der Waals surface area contributed by atoms with E-state index in [-0.39, 0.29) is 16.2 Å². The summed E-state index contributed by atoms with van der Waals surface area (Å²) >= 11 is 0. The fourth-order valence-electron chi connectivity index (χ4n) is 3.48. The van der Waals surface area contributed by atoms with Crippen molar-refractivity contribution in [3.8, 4) is 0 Å². The first-order chi connectivity index (χ1) is 14.2. The summed E-state index contributed by atoms with van der Waals surface area (Å²) in [6.45, 7) is 7.94. The molecular weight excluding hydrogens is 400 g/mol. The van der Waals surface area contributed by atoms with Gasteiger partial charge >= 0.3 is 0 Å². The monoisotopic (exact) mass is 430 g/mol. The highest BCUT2D eigenvalue weighted by atomic mass is 32.2. The topological polar surface area (TPSA) is 75.7 Å². The lowest BCUT2D eigenvalue weighted by atomic mass is 9.86. The Balaban J connectivity index is 1.60. The van der Waals surface area contributed by atoms with Gasteiger partial charge in [-0.1, -0.05) is 51.1 Å². The van der Waals surface area contributed by atoms with E-state index >= 15 is 0 Å². The van der Waals surface area contributed by atoms with Crippen molar-refractivity contribution in [1.82, 2.24) is 4.31 Å². The molecule has 1 aliphatic rings. The number of benzene rings is 2. The van der Waals surface area contributed by atoms with Crippen LogP contribution in [-0.2, 0) is 31.4 Å². The molecule has 0 spiro atoms. The quantitative estimate of drug-likeness (QED) is 0.760. The van der Waals surface area contributed by atoms with Crippen LogP contribution in [0, 0.1) is 0 Å². The fraction of sp³-hybridized carbons (Fsp3) is 0.435. The minimum Gasteiger partial charge on any atom is -0.379 e. The molecule has 1 fully saturated rings. The van der Waals surface area contributed by atoms with E-state index in [1.807, 2.05) is 24.3 Å². The number of carbonyl (C=O) groups is 1. The number of ether oxygens (including phenoxy) is 1. The molecule has 0 saturated carbocycles. The maximum atomic E-state index is 12.7. The molecule has 0 radical (unpaired) electrons. The van der Waals surface area contributed by atoms with E-state index in [0.29, 0.717) is 39.1 Å². The van der Waals surface area contributed by atoms with E-state index in [1.54, 1.807) is 24.3 Å². The first-order valence-electron chi connectivity index (χ1n) is 10.2. The van der Waals surface area contributed by atoms with Crippen molar-refractivity contribution in [2.24, 2.45) is 0 Å². The molecule has 0 aromatic heterocycles. The lowest BCUT2D eigenvalue weighted by molar-refractivity contribution is -0.116. The summed E-state index contributed by atoms with van der Waals surface area (Å²) in [4.78, 5) is 12.7. The lowest BCUT2D eigenvalue weighted by Crippen LogP contribution is -2.40. The Morgan fingerprint density at radius 1 is 1.03 bits per heavy atom. The molecule has 0 atom stereocenters. The molecule has 1 amide bonds. The summed E-state index contributed by atoms with van der Waals surface area (Å²) < 4.78 is 32.1. The summed E-state index contributed by atoms with van der Waals surface area (Å²) in [6.07, 6.45) is 0.870. The van der Waals surface area contributed by atoms with Gasteiger partial charge in [-0.15, -0.1) is 0 Å². The number of rotatable bonds is 6. The molecule has 2 aromatic carbocycles. The molecule has 30 heavy (non-hydrogen) atoms. The van der Waals surface area contributed by atoms with Crippen LogP contribution in [0.1, 0.15) is 38.3 Å². The van der Waals surface area contributed by atoms with Gasteiger partial charge in [-0.25, -0.2) is 8.42 Å². The first-order valence-corrected chi connectivity index (χ1v) is 11.7. The van der Waals surface area contributed by atoms with Gasteiger partial charge in [-0.3, -0.25) is 4.79 Å². The van der Waals surface area contributed by atoms with Crippen LogP contribution < -0.4 is 5.32 Å². The van der Waals surface area contributed by atoms with E-state index in [9.17, 15) is 13.2 Å². The molecule has 0 unspecified atom stereocenters. The standard InChI is InChI=1S/C23H30N2O4S/c1-23(2,3)20-6-4-5-7-21(20)24-22(26)13-10-18-8-11-19(12-9-18)30(27,28)25-14-16-29-17-15-25/h4-9,11-12H,10,13-17H2,1-3H3,(H,24,26). The third kappa shape index (κ3) is 5.47. The van der Waals surface area contributed by atoms with Crippen molar-refractivity contribution in [2.75, 3.05) is 31.6 Å². The number of nitrogens with zero attached hydrogens (tertiary/aromatic N) is 1. The predicted molar refractivity (Wildman–Crippen MR) is 118 cm³/mol. The van der Waals surface area contributed by atoms with Gasteiger partial charge in [0.05, 0.1) is 18.1 Å². The molecule has 1 saturated heterocycles. The summed E-state index contributed by atoms with van der Waals surface area (Å²) in [5.41, 5.74) is 2.79. The van der Waals surface area contributed by atoms with Gasteiger partial charge in [-0.05, 0) is 41.2 Å². The Bertz CT molecular complexity index is 973. The van der Waals surface area contributed by atoms with E-state index in [4.69, 9.17) is 4.74 Å². The molecule has 0 bridgehead atoms. The average molecular weight is 431 g/mol. The molecule has 7 heteroatoms. The number of morpholine rings is 1. The average Bonchev–Trinajstić information content (AvgIpc) is 2.73. The number of nitrogens with one attached hydrogen (secondary N) is 1. The highest BCUT2D eigenvalue weighted by Crippen LogP contribution is 2.29. The van der Waals surface area contributed by atoms with Crippen LogP contribution in [0.25, 0.3) is 0 Å². The summed E-state index contributed by atoms with van der Waals surface area (Å²) in [5.74, 6) is -0.0586. The smallest absolute Gasteiger partial charge is 0.243 e. The summed E-state index contributed by atoms with van der Waals surface area (Å²) in [6, 6.07) is 14.6. The van der Waals surface area contributed by atoms with Crippen LogP contribution in [0.2, 0.25) is 0 Å². The molecular formula is C23H30N2O4S. The second-order valence-corrected chi connectivity index (χ2v) is 10.4. The van der Waals surface area contributed by atoms with E-state index in [1.165, 1.54) is 4.31 Å². The van der Waals surface area contributed by atoms with Crippen molar-refractivity contribution >= 4 is 21.6 Å². The van der Waals surface area contributed by atoms with Crippen LogP contribution in [-0.4, -0.2) is 44.9 Å². The Morgan fingerprint density at radius 2 is 1.67 bits per heavy atom. The van der Waals surface area contributed by atoms with Crippen LogP contribution in [0.15, 0.2) is 53.4 Å². The number of amides is 1. The number of anilines is 1. The summed E-state index contributed by atoms with van der Waals surface area (Å²) in [7, 11) is -3.50. The Labute approximate surface area is 179 Å². The van der Waals surface area contributed by atoms with Gasteiger partial charge in [-0.2, -0.15) is 4.31 Å². The maximum Gasteiger partial charge on any atom is 0.243 e. The van der Waals surface area contributed by atoms with Gasteiger partial charge in [0.2, 0.25) is 15.9 Å². The maximum absolute atomic E-state index is 12.7. The lowest BCUT2D eigenvalue weighted by Gasteiger charge is -2.26. The largest absolute Gasteiger partial charge is 0.379 e. The molecule has 1 aliphatic heterocycles. The highest BCUT2D eigenvalue weighted by Gasteiger charge is 2.26. The second-order valence-electron chi connectivity index (χ2n) is 8.50. The number of para-hydroxylation sites is 1. The minimum absolute atomic E-state index is 0.0586. The van der Waals surface area contributed by atoms with Crippen molar-refractivity contribution in [3.05, 3.63) is 59.7 Å². The van der Waals surface area contributed by atoms with Crippen LogP contribution in [0.5, 0.6) is 0 Å². The van der Waals surface area contributed by atoms with Crippen LogP contribution in [0.3, 0.4) is 0 Å². The van der Waals surface area contributed by atoms with E-state index in [0.717, 1.165) is 16.8 Å². The van der Waals surface area contributed by atoms with Gasteiger partial charge < -0.3 is 10.1 Å². The predicted octanol–water partition coefficient (Wildman–Crippen LogP) is 3.58. The van der Waals surface area contributed by atoms with Crippen LogP contribution in [0.4, 0.5) is 5.69 Å². The number of sulfonamides is 1. The minimum atomic E-state index is -3.50. The highest BCUT2D eigenvalue weighted by molar-refractivity contribution is 7.89. The van der Waals surface area contributed by atoms with Gasteiger partial charge in [0.15, 0.2) is 0 Å². The Morgan fingerprint density at radius 3 is 2.30 bits per heavy atom. The molecule has 6 nitrogen and oxygen atoms in total. The molecule has 1 heterocycles. The molecule has 3 rings (SSSR count). The van der Waals surface area contributed by atoms with Crippen LogP contribution >= 0.6 is 0 Å². The second kappa shape index (κ2) is 9.29. The van der Waals surface area contributed by atoms with Crippen molar-refractivity contribution in [1.29, 1.82) is 0 Å². The van der Waals surface area contributed by atoms with Gasteiger partial charge in [0.25, 0.3) is 0 Å². The molecule has 162 valence electrons. The normalized spacial score (nSPS) is 15.7.